The number of hydrogen-bond donors (Lipinski definition) is 1. The molecule has 1 atom stereocenters. The van der Waals surface area contributed by atoms with E-state index >= 15 is 0 Å². The topological polar surface area (TPSA) is 56.3 Å². The Morgan fingerprint density at radius 1 is 1.35 bits per heavy atom. The highest BCUT2D eigenvalue weighted by Gasteiger charge is 2.13. The lowest BCUT2D eigenvalue weighted by molar-refractivity contribution is -0.0864. The number of nitrogens with zero attached hydrogens (tertiary/aromatic N) is 2. The summed E-state index contributed by atoms with van der Waals surface area (Å²) >= 11 is 1.62. The van der Waals surface area contributed by atoms with E-state index in [0.717, 1.165) is 29.5 Å². The molecule has 0 bridgehead atoms. The first kappa shape index (κ1) is 13.6. The van der Waals surface area contributed by atoms with Crippen molar-refractivity contribution < 1.29 is 9.47 Å². The smallest absolute Gasteiger partial charge is 0.142 e. The van der Waals surface area contributed by atoms with Crippen molar-refractivity contribution in [3.05, 3.63) is 35.5 Å². The van der Waals surface area contributed by atoms with Crippen LogP contribution in [0.4, 0.5) is 0 Å². The molecule has 2 aromatic heterocycles. The Labute approximate surface area is 122 Å². The van der Waals surface area contributed by atoms with E-state index in [9.17, 15) is 0 Å². The van der Waals surface area contributed by atoms with Crippen molar-refractivity contribution in [2.24, 2.45) is 0 Å². The van der Waals surface area contributed by atoms with Gasteiger partial charge >= 0.3 is 0 Å². The Balaban J connectivity index is 1.50. The maximum absolute atomic E-state index is 5.58. The molecule has 3 rings (SSSR count). The maximum atomic E-state index is 5.58. The third-order valence-corrected chi connectivity index (χ3v) is 3.91. The Morgan fingerprint density at radius 3 is 3.15 bits per heavy atom. The third kappa shape index (κ3) is 3.61. The summed E-state index contributed by atoms with van der Waals surface area (Å²) in [6.45, 7) is 3.59. The largest absolute Gasteiger partial charge is 0.376 e. The highest BCUT2D eigenvalue weighted by molar-refractivity contribution is 7.13. The highest BCUT2D eigenvalue weighted by Crippen LogP contribution is 2.21. The van der Waals surface area contributed by atoms with Crippen molar-refractivity contribution >= 4 is 11.3 Å². The SMILES string of the molecule is c1ccc(-c2nc(CNCC3COCCO3)cs2)nc1. The zero-order chi connectivity index (χ0) is 13.6. The molecule has 1 aliphatic rings. The monoisotopic (exact) mass is 291 g/mol. The average Bonchev–Trinajstić information content (AvgIpc) is 2.98. The molecular weight excluding hydrogens is 274 g/mol. The zero-order valence-corrected chi connectivity index (χ0v) is 11.9. The van der Waals surface area contributed by atoms with Crippen molar-refractivity contribution in [3.8, 4) is 10.7 Å². The Kier molecular flexibility index (Phi) is 4.70. The molecule has 0 amide bonds. The zero-order valence-electron chi connectivity index (χ0n) is 11.1. The second-order valence-corrected chi connectivity index (χ2v) is 5.42. The molecule has 0 saturated carbocycles. The van der Waals surface area contributed by atoms with Crippen LogP contribution < -0.4 is 5.32 Å². The number of pyridine rings is 1. The second-order valence-electron chi connectivity index (χ2n) is 4.56. The molecule has 0 radical (unpaired) electrons. The third-order valence-electron chi connectivity index (χ3n) is 3.00. The predicted octanol–water partition coefficient (Wildman–Crippen LogP) is 1.71. The van der Waals surface area contributed by atoms with E-state index in [-0.39, 0.29) is 6.10 Å². The van der Waals surface area contributed by atoms with E-state index in [1.54, 1.807) is 17.5 Å². The number of aromatic nitrogens is 2. The standard InChI is InChI=1S/C14H17N3O2S/c1-2-4-16-13(3-1)14-17-11(10-20-14)7-15-8-12-9-18-5-6-19-12/h1-4,10,12,15H,5-9H2. The van der Waals surface area contributed by atoms with Crippen molar-refractivity contribution in [1.29, 1.82) is 0 Å². The summed E-state index contributed by atoms with van der Waals surface area (Å²) in [6, 6.07) is 5.86. The van der Waals surface area contributed by atoms with Gasteiger partial charge in [-0.1, -0.05) is 6.07 Å². The highest BCUT2D eigenvalue weighted by atomic mass is 32.1. The van der Waals surface area contributed by atoms with Gasteiger partial charge in [0, 0.05) is 24.7 Å². The van der Waals surface area contributed by atoms with Crippen LogP contribution in [0.25, 0.3) is 10.7 Å². The van der Waals surface area contributed by atoms with E-state index in [1.807, 2.05) is 18.2 Å². The van der Waals surface area contributed by atoms with Gasteiger partial charge in [0.05, 0.1) is 37.3 Å². The van der Waals surface area contributed by atoms with Gasteiger partial charge in [-0.25, -0.2) is 4.98 Å². The predicted molar refractivity (Wildman–Crippen MR) is 77.6 cm³/mol. The molecule has 20 heavy (non-hydrogen) atoms. The van der Waals surface area contributed by atoms with Gasteiger partial charge in [-0.15, -0.1) is 11.3 Å². The molecule has 3 heterocycles. The summed E-state index contributed by atoms with van der Waals surface area (Å²) < 4.78 is 10.9. The van der Waals surface area contributed by atoms with Crippen LogP contribution in [-0.4, -0.2) is 42.4 Å². The average molecular weight is 291 g/mol. The van der Waals surface area contributed by atoms with E-state index in [1.165, 1.54) is 0 Å². The number of nitrogens with one attached hydrogen (secondary N) is 1. The van der Waals surface area contributed by atoms with Gasteiger partial charge < -0.3 is 14.8 Å². The first-order valence-electron chi connectivity index (χ1n) is 6.68. The Hall–Kier alpha value is -1.34. The van der Waals surface area contributed by atoms with Gasteiger partial charge in [0.1, 0.15) is 5.01 Å². The normalized spacial score (nSPS) is 19.1. The summed E-state index contributed by atoms with van der Waals surface area (Å²) in [5.74, 6) is 0. The quantitative estimate of drug-likeness (QED) is 0.909. The van der Waals surface area contributed by atoms with Crippen molar-refractivity contribution in [2.45, 2.75) is 12.6 Å². The molecule has 1 N–H and O–H groups in total. The van der Waals surface area contributed by atoms with Crippen LogP contribution in [0.3, 0.4) is 0 Å². The van der Waals surface area contributed by atoms with Crippen LogP contribution >= 0.6 is 11.3 Å². The molecule has 2 aromatic rings. The van der Waals surface area contributed by atoms with Crippen LogP contribution in [0.5, 0.6) is 0 Å². The first-order valence-corrected chi connectivity index (χ1v) is 7.55. The number of ether oxygens (including phenoxy) is 2. The molecule has 1 saturated heterocycles. The maximum Gasteiger partial charge on any atom is 0.142 e. The van der Waals surface area contributed by atoms with Crippen LogP contribution in [0.15, 0.2) is 29.8 Å². The van der Waals surface area contributed by atoms with Gasteiger partial charge in [-0.2, -0.15) is 0 Å². The van der Waals surface area contributed by atoms with Crippen molar-refractivity contribution in [3.63, 3.8) is 0 Å². The van der Waals surface area contributed by atoms with Crippen LogP contribution in [0.2, 0.25) is 0 Å². The Morgan fingerprint density at radius 2 is 2.35 bits per heavy atom. The number of hydrogen-bond acceptors (Lipinski definition) is 6. The summed E-state index contributed by atoms with van der Waals surface area (Å²) in [6.07, 6.45) is 1.94. The molecule has 1 fully saturated rings. The van der Waals surface area contributed by atoms with E-state index < -0.39 is 0 Å². The summed E-state index contributed by atoms with van der Waals surface area (Å²) in [4.78, 5) is 8.89. The van der Waals surface area contributed by atoms with E-state index in [0.29, 0.717) is 19.8 Å². The minimum atomic E-state index is 0.151. The minimum absolute atomic E-state index is 0.151. The molecule has 1 aliphatic heterocycles. The molecule has 0 aromatic carbocycles. The van der Waals surface area contributed by atoms with Gasteiger partial charge in [-0.3, -0.25) is 4.98 Å². The minimum Gasteiger partial charge on any atom is -0.376 e. The lowest BCUT2D eigenvalue weighted by atomic mass is 10.3. The van der Waals surface area contributed by atoms with Crippen LogP contribution in [0.1, 0.15) is 5.69 Å². The molecular formula is C14H17N3O2S. The summed E-state index contributed by atoms with van der Waals surface area (Å²) in [5.41, 5.74) is 1.96. The second kappa shape index (κ2) is 6.90. The van der Waals surface area contributed by atoms with Gasteiger partial charge in [-0.05, 0) is 12.1 Å². The molecule has 6 heteroatoms. The lowest BCUT2D eigenvalue weighted by Crippen LogP contribution is -2.37. The van der Waals surface area contributed by atoms with Gasteiger partial charge in [0.25, 0.3) is 0 Å². The first-order chi connectivity index (χ1) is 9.92. The summed E-state index contributed by atoms with van der Waals surface area (Å²) in [7, 11) is 0. The summed E-state index contributed by atoms with van der Waals surface area (Å²) in [5, 5.41) is 6.38. The number of thiazole rings is 1. The molecule has 0 spiro atoms. The molecule has 5 nitrogen and oxygen atoms in total. The molecule has 0 aliphatic carbocycles. The fourth-order valence-electron chi connectivity index (χ4n) is 2.01. The van der Waals surface area contributed by atoms with Crippen LogP contribution in [-0.2, 0) is 16.0 Å². The van der Waals surface area contributed by atoms with Crippen molar-refractivity contribution in [2.75, 3.05) is 26.4 Å². The van der Waals surface area contributed by atoms with Crippen LogP contribution in [0, 0.1) is 0 Å². The molecule has 1 unspecified atom stereocenters. The Bertz CT molecular complexity index is 526. The van der Waals surface area contributed by atoms with Gasteiger partial charge in [0.15, 0.2) is 0 Å². The van der Waals surface area contributed by atoms with Crippen molar-refractivity contribution in [1.82, 2.24) is 15.3 Å². The lowest BCUT2D eigenvalue weighted by Gasteiger charge is -2.22. The molecule has 106 valence electrons. The van der Waals surface area contributed by atoms with E-state index in [2.05, 4.69) is 20.7 Å². The fourth-order valence-corrected chi connectivity index (χ4v) is 2.81. The van der Waals surface area contributed by atoms with Gasteiger partial charge in [0.2, 0.25) is 0 Å². The number of rotatable bonds is 5. The van der Waals surface area contributed by atoms with E-state index in [4.69, 9.17) is 9.47 Å². The fraction of sp³-hybridized carbons (Fsp3) is 0.429.